The van der Waals surface area contributed by atoms with Crippen molar-refractivity contribution in [1.82, 2.24) is 10.2 Å². The van der Waals surface area contributed by atoms with E-state index in [0.717, 1.165) is 18.4 Å². The summed E-state index contributed by atoms with van der Waals surface area (Å²) in [5.41, 5.74) is 1.15. The Morgan fingerprint density at radius 3 is 2.57 bits per heavy atom. The minimum absolute atomic E-state index is 0.163. The van der Waals surface area contributed by atoms with E-state index >= 15 is 0 Å². The number of likely N-dealkylation sites (tertiary alicyclic amines) is 1. The molecule has 0 spiro atoms. The third-order valence-electron chi connectivity index (χ3n) is 3.94. The van der Waals surface area contributed by atoms with E-state index in [1.807, 2.05) is 39.8 Å². The summed E-state index contributed by atoms with van der Waals surface area (Å²) in [6, 6.07) is 5.61. The molecule has 0 aliphatic carbocycles. The van der Waals surface area contributed by atoms with Gasteiger partial charge >= 0.3 is 6.09 Å². The summed E-state index contributed by atoms with van der Waals surface area (Å²) in [6.07, 6.45) is 1.46. The minimum Gasteiger partial charge on any atom is -0.444 e. The smallest absolute Gasteiger partial charge is 0.410 e. The molecule has 1 fully saturated rings. The zero-order valence-electron chi connectivity index (χ0n) is 14.5. The highest BCUT2D eigenvalue weighted by Crippen LogP contribution is 2.16. The van der Waals surface area contributed by atoms with Gasteiger partial charge in [-0.05, 0) is 52.2 Å². The monoisotopic (exact) mass is 322 g/mol. The highest BCUT2D eigenvalue weighted by molar-refractivity contribution is 5.68. The summed E-state index contributed by atoms with van der Waals surface area (Å²) in [5.74, 6) is -0.163. The van der Waals surface area contributed by atoms with Crippen LogP contribution in [0.1, 0.15) is 44.7 Å². The first-order valence-corrected chi connectivity index (χ1v) is 8.21. The molecule has 0 radical (unpaired) electrons. The lowest BCUT2D eigenvalue weighted by molar-refractivity contribution is 0.0198. The molecule has 0 bridgehead atoms. The number of ether oxygens (including phenoxy) is 1. The van der Waals surface area contributed by atoms with E-state index in [4.69, 9.17) is 4.74 Å². The van der Waals surface area contributed by atoms with Crippen molar-refractivity contribution < 1.29 is 13.9 Å². The molecule has 1 heterocycles. The van der Waals surface area contributed by atoms with Crippen molar-refractivity contribution in [1.29, 1.82) is 0 Å². The molecule has 1 amide bonds. The summed E-state index contributed by atoms with van der Waals surface area (Å²) < 4.78 is 19.2. The number of hydrogen-bond donors (Lipinski definition) is 1. The Labute approximate surface area is 138 Å². The van der Waals surface area contributed by atoms with Gasteiger partial charge in [0.15, 0.2) is 0 Å². The van der Waals surface area contributed by atoms with Crippen molar-refractivity contribution in [3.63, 3.8) is 0 Å². The molecular weight excluding hydrogens is 295 g/mol. The number of piperidine rings is 1. The first-order valence-electron chi connectivity index (χ1n) is 8.21. The van der Waals surface area contributed by atoms with Crippen molar-refractivity contribution in [3.8, 4) is 0 Å². The third kappa shape index (κ3) is 5.50. The molecule has 1 saturated heterocycles. The number of carbonyl (C=O) groups is 1. The second kappa shape index (κ2) is 7.30. The molecule has 0 unspecified atom stereocenters. The average molecular weight is 322 g/mol. The second-order valence-corrected chi connectivity index (χ2v) is 7.22. The van der Waals surface area contributed by atoms with Crippen molar-refractivity contribution in [3.05, 3.63) is 35.1 Å². The SMILES string of the molecule is Cc1ccc(CNC2CCN(C(=O)OC(C)(C)C)CC2)c(F)c1. The summed E-state index contributed by atoms with van der Waals surface area (Å²) >= 11 is 0. The molecule has 1 aromatic carbocycles. The largest absolute Gasteiger partial charge is 0.444 e. The van der Waals surface area contributed by atoms with Gasteiger partial charge < -0.3 is 15.0 Å². The summed E-state index contributed by atoms with van der Waals surface area (Å²) in [7, 11) is 0. The highest BCUT2D eigenvalue weighted by atomic mass is 19.1. The van der Waals surface area contributed by atoms with Crippen molar-refractivity contribution in [2.45, 2.75) is 58.7 Å². The Morgan fingerprint density at radius 2 is 2.00 bits per heavy atom. The van der Waals surface area contributed by atoms with E-state index in [2.05, 4.69) is 5.32 Å². The van der Waals surface area contributed by atoms with Gasteiger partial charge in [-0.2, -0.15) is 0 Å². The van der Waals surface area contributed by atoms with Gasteiger partial charge in [-0.3, -0.25) is 0 Å². The van der Waals surface area contributed by atoms with Crippen molar-refractivity contribution in [2.75, 3.05) is 13.1 Å². The number of halogens is 1. The number of benzene rings is 1. The van der Waals surface area contributed by atoms with Crippen molar-refractivity contribution in [2.24, 2.45) is 0 Å². The molecule has 0 saturated carbocycles. The van der Waals surface area contributed by atoms with Crippen LogP contribution in [-0.2, 0) is 11.3 Å². The fourth-order valence-electron chi connectivity index (χ4n) is 2.64. The zero-order valence-corrected chi connectivity index (χ0v) is 14.5. The van der Waals surface area contributed by atoms with Crippen LogP contribution in [0.2, 0.25) is 0 Å². The predicted molar refractivity (Wildman–Crippen MR) is 88.8 cm³/mol. The molecule has 1 aliphatic heterocycles. The van der Waals surface area contributed by atoms with Gasteiger partial charge in [-0.15, -0.1) is 0 Å². The van der Waals surface area contributed by atoms with E-state index in [9.17, 15) is 9.18 Å². The molecular formula is C18H27FN2O2. The molecule has 4 nitrogen and oxygen atoms in total. The number of nitrogens with one attached hydrogen (secondary N) is 1. The van der Waals surface area contributed by atoms with E-state index in [1.54, 1.807) is 11.0 Å². The maximum absolute atomic E-state index is 13.8. The fourth-order valence-corrected chi connectivity index (χ4v) is 2.64. The van der Waals surface area contributed by atoms with Gasteiger partial charge in [0.2, 0.25) is 0 Å². The molecule has 5 heteroatoms. The summed E-state index contributed by atoms with van der Waals surface area (Å²) in [5, 5.41) is 3.39. The van der Waals surface area contributed by atoms with Crippen LogP contribution in [0, 0.1) is 12.7 Å². The van der Waals surface area contributed by atoms with Gasteiger partial charge in [-0.25, -0.2) is 9.18 Å². The van der Waals surface area contributed by atoms with E-state index < -0.39 is 5.60 Å². The normalized spacial score (nSPS) is 16.5. The predicted octanol–water partition coefficient (Wildman–Crippen LogP) is 3.62. The van der Waals surface area contributed by atoms with Gasteiger partial charge in [0.05, 0.1) is 0 Å². The lowest BCUT2D eigenvalue weighted by Gasteiger charge is -2.33. The number of hydrogen-bond acceptors (Lipinski definition) is 3. The lowest BCUT2D eigenvalue weighted by Crippen LogP contribution is -2.46. The van der Waals surface area contributed by atoms with Crippen LogP contribution in [-0.4, -0.2) is 35.7 Å². The molecule has 128 valence electrons. The number of carbonyl (C=O) groups excluding carboxylic acids is 1. The molecule has 1 aromatic rings. The lowest BCUT2D eigenvalue weighted by atomic mass is 10.0. The van der Waals surface area contributed by atoms with Crippen LogP contribution in [0.4, 0.5) is 9.18 Å². The molecule has 0 atom stereocenters. The second-order valence-electron chi connectivity index (χ2n) is 7.22. The summed E-state index contributed by atoms with van der Waals surface area (Å²) in [4.78, 5) is 13.8. The number of rotatable bonds is 3. The van der Waals surface area contributed by atoms with Crippen LogP contribution in [0.25, 0.3) is 0 Å². The number of aryl methyl sites for hydroxylation is 1. The third-order valence-corrected chi connectivity index (χ3v) is 3.94. The molecule has 1 N–H and O–H groups in total. The molecule has 1 aliphatic rings. The van der Waals surface area contributed by atoms with Crippen LogP contribution in [0.15, 0.2) is 18.2 Å². The summed E-state index contributed by atoms with van der Waals surface area (Å²) in [6.45, 7) is 9.35. The maximum atomic E-state index is 13.8. The van der Waals surface area contributed by atoms with Crippen LogP contribution in [0.3, 0.4) is 0 Å². The number of nitrogens with zero attached hydrogens (tertiary/aromatic N) is 1. The van der Waals surface area contributed by atoms with Gasteiger partial charge in [0, 0.05) is 31.2 Å². The van der Waals surface area contributed by atoms with Crippen LogP contribution in [0.5, 0.6) is 0 Å². The van der Waals surface area contributed by atoms with Crippen LogP contribution < -0.4 is 5.32 Å². The average Bonchev–Trinajstić information content (AvgIpc) is 2.45. The number of amides is 1. The van der Waals surface area contributed by atoms with Gasteiger partial charge in [0.1, 0.15) is 11.4 Å². The Morgan fingerprint density at radius 1 is 1.35 bits per heavy atom. The standard InChI is InChI=1S/C18H27FN2O2/c1-13-5-6-14(16(19)11-13)12-20-15-7-9-21(10-8-15)17(22)23-18(2,3)4/h5-6,11,15,20H,7-10,12H2,1-4H3. The van der Waals surface area contributed by atoms with Gasteiger partial charge in [-0.1, -0.05) is 12.1 Å². The Kier molecular flexibility index (Phi) is 5.63. The van der Waals surface area contributed by atoms with E-state index in [-0.39, 0.29) is 11.9 Å². The van der Waals surface area contributed by atoms with E-state index in [0.29, 0.717) is 31.2 Å². The van der Waals surface area contributed by atoms with Crippen LogP contribution >= 0.6 is 0 Å². The quantitative estimate of drug-likeness (QED) is 0.924. The Bertz CT molecular complexity index is 546. The molecule has 23 heavy (non-hydrogen) atoms. The van der Waals surface area contributed by atoms with Gasteiger partial charge in [0.25, 0.3) is 0 Å². The highest BCUT2D eigenvalue weighted by Gasteiger charge is 2.26. The zero-order chi connectivity index (χ0) is 17.0. The maximum Gasteiger partial charge on any atom is 0.410 e. The first kappa shape index (κ1) is 17.7. The molecule has 0 aromatic heterocycles. The Balaban J connectivity index is 1.77. The van der Waals surface area contributed by atoms with Crippen molar-refractivity contribution >= 4 is 6.09 Å². The first-order chi connectivity index (χ1) is 10.7. The topological polar surface area (TPSA) is 41.6 Å². The Hall–Kier alpha value is -1.62. The molecule has 2 rings (SSSR count). The fraction of sp³-hybridized carbons (Fsp3) is 0.611. The minimum atomic E-state index is -0.463. The van der Waals surface area contributed by atoms with E-state index in [1.165, 1.54) is 0 Å².